The van der Waals surface area contributed by atoms with Crippen molar-refractivity contribution in [2.24, 2.45) is 10.7 Å². The number of nitrogens with zero attached hydrogens (tertiary/aromatic N) is 1. The van der Waals surface area contributed by atoms with Crippen molar-refractivity contribution in [2.45, 2.75) is 6.04 Å². The van der Waals surface area contributed by atoms with Crippen LogP contribution in [0.1, 0.15) is 11.6 Å². The topological polar surface area (TPSA) is 85.9 Å². The number of hydrogen-bond donors (Lipinski definition) is 2. The molecule has 1 aliphatic rings. The fraction of sp³-hybridized carbons (Fsp3) is 0.273. The molecule has 1 amide bonds. The molecule has 0 spiro atoms. The highest BCUT2D eigenvalue weighted by Gasteiger charge is 2.27. The lowest BCUT2D eigenvalue weighted by Gasteiger charge is -2.10. The molecule has 0 saturated carbocycles. The molecule has 1 aromatic carbocycles. The second-order valence-electron chi connectivity index (χ2n) is 3.52. The molecule has 17 heavy (non-hydrogen) atoms. The van der Waals surface area contributed by atoms with Crippen LogP contribution in [0, 0.1) is 0 Å². The average molecular weight is 235 g/mol. The Kier molecular flexibility index (Phi) is 2.86. The molecule has 0 aliphatic carbocycles. The summed E-state index contributed by atoms with van der Waals surface area (Å²) < 4.78 is 10.3. The van der Waals surface area contributed by atoms with Gasteiger partial charge in [0.1, 0.15) is 0 Å². The highest BCUT2D eigenvalue weighted by molar-refractivity contribution is 6.04. The van der Waals surface area contributed by atoms with Gasteiger partial charge in [-0.1, -0.05) is 6.07 Å². The summed E-state index contributed by atoms with van der Waals surface area (Å²) >= 11 is 0. The number of guanidine groups is 1. The largest absolute Gasteiger partial charge is 0.493 e. The molecule has 2 rings (SSSR count). The van der Waals surface area contributed by atoms with Crippen molar-refractivity contribution < 1.29 is 14.3 Å². The number of ether oxygens (including phenoxy) is 2. The second kappa shape index (κ2) is 4.32. The Morgan fingerprint density at radius 2 is 2.00 bits per heavy atom. The molecule has 0 radical (unpaired) electrons. The van der Waals surface area contributed by atoms with Crippen LogP contribution in [0.25, 0.3) is 0 Å². The SMILES string of the molecule is COc1ccc(C2N=C(N)NC2=O)cc1OC. The smallest absolute Gasteiger partial charge is 0.256 e. The molecule has 3 N–H and O–H groups in total. The van der Waals surface area contributed by atoms with Gasteiger partial charge < -0.3 is 15.2 Å². The molecule has 0 fully saturated rings. The minimum atomic E-state index is -0.616. The van der Waals surface area contributed by atoms with Crippen molar-refractivity contribution in [3.63, 3.8) is 0 Å². The third kappa shape index (κ3) is 2.01. The van der Waals surface area contributed by atoms with E-state index in [-0.39, 0.29) is 11.9 Å². The van der Waals surface area contributed by atoms with Gasteiger partial charge in [-0.3, -0.25) is 10.1 Å². The minimum Gasteiger partial charge on any atom is -0.493 e. The van der Waals surface area contributed by atoms with E-state index in [1.54, 1.807) is 25.3 Å². The van der Waals surface area contributed by atoms with Crippen molar-refractivity contribution in [3.05, 3.63) is 23.8 Å². The first-order valence-corrected chi connectivity index (χ1v) is 5.01. The van der Waals surface area contributed by atoms with Crippen LogP contribution in [0.2, 0.25) is 0 Å². The van der Waals surface area contributed by atoms with Crippen LogP contribution in [0.4, 0.5) is 0 Å². The van der Waals surface area contributed by atoms with Crippen molar-refractivity contribution in [3.8, 4) is 11.5 Å². The first kappa shape index (κ1) is 11.3. The van der Waals surface area contributed by atoms with Crippen molar-refractivity contribution in [1.29, 1.82) is 0 Å². The van der Waals surface area contributed by atoms with Crippen LogP contribution >= 0.6 is 0 Å². The number of carbonyl (C=O) groups is 1. The molecular formula is C11H13N3O3. The Hall–Kier alpha value is -2.24. The van der Waals surface area contributed by atoms with E-state index in [9.17, 15) is 4.79 Å². The summed E-state index contributed by atoms with van der Waals surface area (Å²) in [5, 5.41) is 2.45. The van der Waals surface area contributed by atoms with E-state index in [4.69, 9.17) is 15.2 Å². The number of nitrogens with two attached hydrogens (primary N) is 1. The molecule has 1 heterocycles. The van der Waals surface area contributed by atoms with E-state index in [1.165, 1.54) is 7.11 Å². The second-order valence-corrected chi connectivity index (χ2v) is 3.52. The van der Waals surface area contributed by atoms with Crippen LogP contribution in [-0.2, 0) is 4.79 Å². The lowest BCUT2D eigenvalue weighted by atomic mass is 10.1. The standard InChI is InChI=1S/C11H13N3O3/c1-16-7-4-3-6(5-8(7)17-2)9-10(15)14-11(12)13-9/h3-5,9H,1-2H3,(H3,12,13,14,15). The van der Waals surface area contributed by atoms with Gasteiger partial charge in [-0.2, -0.15) is 0 Å². The van der Waals surface area contributed by atoms with Crippen LogP contribution in [0.5, 0.6) is 11.5 Å². The summed E-state index contributed by atoms with van der Waals surface area (Å²) in [4.78, 5) is 15.6. The van der Waals surface area contributed by atoms with Crippen LogP contribution in [-0.4, -0.2) is 26.1 Å². The zero-order chi connectivity index (χ0) is 12.4. The fourth-order valence-corrected chi connectivity index (χ4v) is 1.67. The number of methoxy groups -OCH3 is 2. The summed E-state index contributed by atoms with van der Waals surface area (Å²) in [6.07, 6.45) is 0. The molecule has 0 bridgehead atoms. The normalized spacial score (nSPS) is 18.6. The number of amides is 1. The number of rotatable bonds is 3. The molecule has 6 nitrogen and oxygen atoms in total. The van der Waals surface area contributed by atoms with Gasteiger partial charge in [0.2, 0.25) is 0 Å². The summed E-state index contributed by atoms with van der Waals surface area (Å²) in [6.45, 7) is 0. The van der Waals surface area contributed by atoms with E-state index in [2.05, 4.69) is 10.3 Å². The Morgan fingerprint density at radius 1 is 1.29 bits per heavy atom. The van der Waals surface area contributed by atoms with Crippen molar-refractivity contribution in [1.82, 2.24) is 5.32 Å². The zero-order valence-electron chi connectivity index (χ0n) is 9.56. The van der Waals surface area contributed by atoms with Gasteiger partial charge in [0.15, 0.2) is 23.5 Å². The number of hydrogen-bond acceptors (Lipinski definition) is 5. The van der Waals surface area contributed by atoms with Crippen LogP contribution < -0.4 is 20.5 Å². The fourth-order valence-electron chi connectivity index (χ4n) is 1.67. The number of aliphatic imine (C=N–C) groups is 1. The van der Waals surface area contributed by atoms with E-state index in [0.717, 1.165) is 0 Å². The monoisotopic (exact) mass is 235 g/mol. The summed E-state index contributed by atoms with van der Waals surface area (Å²) in [7, 11) is 3.09. The van der Waals surface area contributed by atoms with Gasteiger partial charge in [-0.15, -0.1) is 0 Å². The first-order chi connectivity index (χ1) is 8.15. The van der Waals surface area contributed by atoms with E-state index in [0.29, 0.717) is 17.1 Å². The lowest BCUT2D eigenvalue weighted by molar-refractivity contribution is -0.120. The molecule has 1 aromatic rings. The Balaban J connectivity index is 2.37. The van der Waals surface area contributed by atoms with Gasteiger partial charge in [0, 0.05) is 0 Å². The molecule has 90 valence electrons. The van der Waals surface area contributed by atoms with Gasteiger partial charge in [0.25, 0.3) is 5.91 Å². The van der Waals surface area contributed by atoms with Gasteiger partial charge in [0.05, 0.1) is 14.2 Å². The number of benzene rings is 1. The first-order valence-electron chi connectivity index (χ1n) is 5.01. The van der Waals surface area contributed by atoms with Crippen molar-refractivity contribution >= 4 is 11.9 Å². The minimum absolute atomic E-state index is 0.134. The molecule has 1 aliphatic heterocycles. The highest BCUT2D eigenvalue weighted by atomic mass is 16.5. The predicted octanol–water partition coefficient (Wildman–Crippen LogP) is 0.189. The maximum Gasteiger partial charge on any atom is 0.256 e. The van der Waals surface area contributed by atoms with Crippen molar-refractivity contribution in [2.75, 3.05) is 14.2 Å². The third-order valence-corrected chi connectivity index (χ3v) is 2.49. The maximum absolute atomic E-state index is 11.6. The number of carbonyl (C=O) groups excluding carboxylic acids is 1. The third-order valence-electron chi connectivity index (χ3n) is 2.49. The summed E-state index contributed by atoms with van der Waals surface area (Å²) in [5.74, 6) is 1.05. The molecular weight excluding hydrogens is 222 g/mol. The summed E-state index contributed by atoms with van der Waals surface area (Å²) in [6, 6.07) is 4.58. The Labute approximate surface area is 98.4 Å². The Bertz CT molecular complexity index is 485. The summed E-state index contributed by atoms with van der Waals surface area (Å²) in [5.41, 5.74) is 6.15. The Morgan fingerprint density at radius 3 is 2.53 bits per heavy atom. The predicted molar refractivity (Wildman–Crippen MR) is 62.1 cm³/mol. The van der Waals surface area contributed by atoms with E-state index >= 15 is 0 Å². The molecule has 1 unspecified atom stereocenters. The quantitative estimate of drug-likeness (QED) is 0.783. The molecule has 1 atom stereocenters. The van der Waals surface area contributed by atoms with E-state index < -0.39 is 6.04 Å². The van der Waals surface area contributed by atoms with Gasteiger partial charge >= 0.3 is 0 Å². The molecule has 0 saturated heterocycles. The van der Waals surface area contributed by atoms with Gasteiger partial charge in [-0.05, 0) is 17.7 Å². The lowest BCUT2D eigenvalue weighted by Crippen LogP contribution is -2.31. The van der Waals surface area contributed by atoms with Gasteiger partial charge in [-0.25, -0.2) is 4.99 Å². The molecule has 0 aromatic heterocycles. The average Bonchev–Trinajstić information content (AvgIpc) is 2.67. The number of nitrogens with one attached hydrogen (secondary N) is 1. The maximum atomic E-state index is 11.6. The highest BCUT2D eigenvalue weighted by Crippen LogP contribution is 2.31. The van der Waals surface area contributed by atoms with E-state index in [1.807, 2.05) is 0 Å². The van der Waals surface area contributed by atoms with Crippen LogP contribution in [0.3, 0.4) is 0 Å². The van der Waals surface area contributed by atoms with Crippen LogP contribution in [0.15, 0.2) is 23.2 Å². The molecule has 6 heteroatoms. The zero-order valence-corrected chi connectivity index (χ0v) is 9.56.